The van der Waals surface area contributed by atoms with Gasteiger partial charge in [-0.15, -0.1) is 0 Å². The lowest BCUT2D eigenvalue weighted by molar-refractivity contribution is -0.160. The Morgan fingerprint density at radius 2 is 0.529 bits per heavy atom. The molecule has 0 aromatic heterocycles. The van der Waals surface area contributed by atoms with E-state index in [9.17, 15) is 82.8 Å². The number of aliphatic hydroxyl groups is 4. The van der Waals surface area contributed by atoms with Crippen LogP contribution in [0.15, 0.2) is 97.2 Å². The number of aliphatic hydroxyl groups excluding tert-OH is 4. The predicted molar refractivity (Wildman–Crippen MR) is 358 cm³/mol. The molecule has 574 valence electrons. The predicted octanol–water partition coefficient (Wildman–Crippen LogP) is 4.46. The molecule has 32 heteroatoms. The second kappa shape index (κ2) is 44.2. The lowest BCUT2D eigenvalue weighted by Crippen LogP contribution is -2.34. The molecule has 0 spiro atoms. The molecule has 32 nitrogen and oxygen atoms in total. The molecule has 0 bridgehead atoms. The van der Waals surface area contributed by atoms with Crippen molar-refractivity contribution < 1.29 is 155 Å². The fraction of sp³-hybridized carbons (Fsp3) is 0.586. The van der Waals surface area contributed by atoms with Gasteiger partial charge < -0.3 is 92.6 Å². The molecule has 2 saturated heterocycles. The minimum Gasteiger partial charge on any atom is -0.481 e. The molecule has 2 fully saturated rings. The number of aliphatic carboxylic acids is 3. The van der Waals surface area contributed by atoms with Crippen molar-refractivity contribution in [1.29, 1.82) is 0 Å². The van der Waals surface area contributed by atoms with Gasteiger partial charge in [-0.2, -0.15) is 0 Å². The number of carboxylic acids is 3. The van der Waals surface area contributed by atoms with Crippen molar-refractivity contribution in [3.63, 3.8) is 0 Å². The number of hydrogen-bond acceptors (Lipinski definition) is 29. The molecule has 0 aliphatic carbocycles. The standard InChI is InChI=1S/C44H64O20.C14H20O6.C8H12O4.C4H6O2/c1-25(2)34(49)57-17-30(45)19-59-36(51)27(5)14-43(10,11)40(55)63-23-32(47)21-61-38(53)29(7)16-44(12,13)41(56)64-24-33(48)20-60-37(52)28(6)15-42(8,9)39(54)62-22-31(46)18-58-35(50)26(3)4;1-9(12(15)19-7-10-5-17-10)4-14(2,3)13(16)20-8-11-6-18-11;1-5(6(9)10)4-8(2,3)7(11)12;1-3(2)4(5)6/h30-33,45-48H,1,3,5-7,14-24H2,2,4,8-13H3;10-11H,1,4-8H2,2-3H3;1,4H2,2-3H3,(H,9,10)(H,11,12);1H2,2H3,(H,5,6). The number of ether oxygens (including phenoxy) is 12. The Labute approximate surface area is 592 Å². The molecule has 6 unspecified atom stereocenters. The molecule has 0 amide bonds. The van der Waals surface area contributed by atoms with Gasteiger partial charge in [-0.1, -0.05) is 52.6 Å². The van der Waals surface area contributed by atoms with Crippen LogP contribution in [0.4, 0.5) is 0 Å². The third-order valence-corrected chi connectivity index (χ3v) is 13.4. The van der Waals surface area contributed by atoms with Gasteiger partial charge in [0, 0.05) is 44.6 Å². The number of epoxide rings is 2. The van der Waals surface area contributed by atoms with Gasteiger partial charge in [0.15, 0.2) is 0 Å². The smallest absolute Gasteiger partial charge is 0.333 e. The molecular formula is C70H102O32. The highest BCUT2D eigenvalue weighted by Crippen LogP contribution is 2.31. The SMILES string of the molecule is C=C(C)C(=O)O.C=C(C)C(=O)OCC(O)COC(=O)C(=C)CC(C)(C)C(=O)OCC(O)COC(=O)C(=C)CC(C)(C)C(=O)OCC(O)COC(=O)C(=C)CC(C)(C)C(=O)OCC(O)COC(=O)C(=C)C.C=C(CC(C)(C)C(=O)O)C(=O)O.C=C(CC(C)(C)C(=O)OCC1CO1)C(=O)OCC1CO1. The molecule has 0 saturated carbocycles. The molecule has 102 heavy (non-hydrogen) atoms. The highest BCUT2D eigenvalue weighted by molar-refractivity contribution is 5.92. The summed E-state index contributed by atoms with van der Waals surface area (Å²) in [5.74, 6) is -10.8. The van der Waals surface area contributed by atoms with Crippen molar-refractivity contribution in [2.45, 2.75) is 159 Å². The van der Waals surface area contributed by atoms with Crippen molar-refractivity contribution in [3.8, 4) is 0 Å². The van der Waals surface area contributed by atoms with Gasteiger partial charge in [-0.25, -0.2) is 38.4 Å². The van der Waals surface area contributed by atoms with Gasteiger partial charge in [0.2, 0.25) is 0 Å². The van der Waals surface area contributed by atoms with Gasteiger partial charge in [0.1, 0.15) is 103 Å². The van der Waals surface area contributed by atoms with E-state index in [1.165, 1.54) is 76.2 Å². The average Bonchev–Trinajstić information content (AvgIpc) is 1.48. The molecule has 0 aromatic rings. The summed E-state index contributed by atoms with van der Waals surface area (Å²) >= 11 is 0. The third kappa shape index (κ3) is 40.9. The van der Waals surface area contributed by atoms with E-state index >= 15 is 0 Å². The second-order valence-electron chi connectivity index (χ2n) is 27.1. The minimum absolute atomic E-state index is 0.0169. The number of carbonyl (C=O) groups is 13. The van der Waals surface area contributed by atoms with Crippen LogP contribution in [0.1, 0.15) is 122 Å². The highest BCUT2D eigenvalue weighted by atomic mass is 16.6. The maximum atomic E-state index is 12.8. The Kier molecular flexibility index (Phi) is 41.1. The van der Waals surface area contributed by atoms with Crippen LogP contribution in [0.3, 0.4) is 0 Å². The number of esters is 10. The van der Waals surface area contributed by atoms with Gasteiger partial charge in [-0.3, -0.25) is 24.0 Å². The Morgan fingerprint density at radius 1 is 0.324 bits per heavy atom. The van der Waals surface area contributed by atoms with Gasteiger partial charge in [0.05, 0.1) is 40.3 Å². The van der Waals surface area contributed by atoms with E-state index in [1.807, 2.05) is 0 Å². The summed E-state index contributed by atoms with van der Waals surface area (Å²) in [5.41, 5.74) is -5.74. The van der Waals surface area contributed by atoms with Gasteiger partial charge >= 0.3 is 77.6 Å². The quantitative estimate of drug-likeness (QED) is 0.0192. The zero-order chi connectivity index (χ0) is 79.6. The molecule has 0 radical (unpaired) electrons. The fourth-order valence-electron chi connectivity index (χ4n) is 7.07. The summed E-state index contributed by atoms with van der Waals surface area (Å²) in [6, 6.07) is 0. The van der Waals surface area contributed by atoms with E-state index in [-0.39, 0.29) is 108 Å². The number of hydrogen-bond donors (Lipinski definition) is 7. The van der Waals surface area contributed by atoms with Crippen LogP contribution < -0.4 is 0 Å². The van der Waals surface area contributed by atoms with Crippen LogP contribution in [0.25, 0.3) is 0 Å². The largest absolute Gasteiger partial charge is 0.481 e. The maximum Gasteiger partial charge on any atom is 0.333 e. The Hall–Kier alpha value is -9.21. The van der Waals surface area contributed by atoms with Gasteiger partial charge in [-0.05, 0) is 122 Å². The van der Waals surface area contributed by atoms with E-state index in [4.69, 9.17) is 72.2 Å². The zero-order valence-corrected chi connectivity index (χ0v) is 60.5. The third-order valence-electron chi connectivity index (χ3n) is 13.4. The van der Waals surface area contributed by atoms with Crippen LogP contribution in [-0.2, 0) is 119 Å². The monoisotopic (exact) mass is 1450 g/mol. The average molecular weight is 1460 g/mol. The molecule has 2 rings (SSSR count). The molecular weight excluding hydrogens is 1350 g/mol. The summed E-state index contributed by atoms with van der Waals surface area (Å²) in [6.45, 7) is 44.4. The van der Waals surface area contributed by atoms with E-state index in [2.05, 4.69) is 52.6 Å². The fourth-order valence-corrected chi connectivity index (χ4v) is 7.07. The van der Waals surface area contributed by atoms with Crippen LogP contribution in [0.2, 0.25) is 0 Å². The Morgan fingerprint density at radius 3 is 0.745 bits per heavy atom. The zero-order valence-electron chi connectivity index (χ0n) is 60.5. The first-order chi connectivity index (χ1) is 46.6. The van der Waals surface area contributed by atoms with Crippen molar-refractivity contribution in [1.82, 2.24) is 0 Å². The lowest BCUT2D eigenvalue weighted by atomic mass is 9.86. The Bertz CT molecular complexity index is 3080. The van der Waals surface area contributed by atoms with Crippen LogP contribution in [0.5, 0.6) is 0 Å². The lowest BCUT2D eigenvalue weighted by Gasteiger charge is -2.25. The van der Waals surface area contributed by atoms with Crippen molar-refractivity contribution in [3.05, 3.63) is 97.2 Å². The molecule has 7 N–H and O–H groups in total. The van der Waals surface area contributed by atoms with Crippen LogP contribution in [-0.4, -0.2) is 229 Å². The molecule has 0 aromatic carbocycles. The number of carbonyl (C=O) groups excluding carboxylic acids is 10. The summed E-state index contributed by atoms with van der Waals surface area (Å²) in [6.07, 6.45) is -6.11. The summed E-state index contributed by atoms with van der Waals surface area (Å²) in [5, 5.41) is 65.3. The summed E-state index contributed by atoms with van der Waals surface area (Å²) in [7, 11) is 0. The summed E-state index contributed by atoms with van der Waals surface area (Å²) < 4.78 is 60.0. The highest BCUT2D eigenvalue weighted by Gasteiger charge is 2.38. The Balaban J connectivity index is 0. The first-order valence-corrected chi connectivity index (χ1v) is 31.3. The number of carboxylic acid groups (broad SMARTS) is 3. The topological polar surface area (TPSA) is 481 Å². The summed E-state index contributed by atoms with van der Waals surface area (Å²) in [4.78, 5) is 153. The van der Waals surface area contributed by atoms with Crippen molar-refractivity contribution in [2.24, 2.45) is 27.1 Å². The van der Waals surface area contributed by atoms with Gasteiger partial charge in [0.25, 0.3) is 0 Å². The molecule has 2 aliphatic rings. The van der Waals surface area contributed by atoms with E-state index in [0.717, 1.165) is 0 Å². The normalized spacial score (nSPS) is 14.8. The minimum atomic E-state index is -1.48. The number of rotatable bonds is 43. The molecule has 2 aliphatic heterocycles. The van der Waals surface area contributed by atoms with E-state index in [0.29, 0.717) is 13.2 Å². The van der Waals surface area contributed by atoms with Crippen LogP contribution >= 0.6 is 0 Å². The van der Waals surface area contributed by atoms with Crippen molar-refractivity contribution >= 4 is 77.6 Å². The van der Waals surface area contributed by atoms with E-state index in [1.54, 1.807) is 13.8 Å². The molecule has 6 atom stereocenters. The van der Waals surface area contributed by atoms with Crippen LogP contribution in [0, 0.1) is 27.1 Å². The van der Waals surface area contributed by atoms with E-state index < -0.39 is 176 Å². The maximum absolute atomic E-state index is 12.8. The first kappa shape index (κ1) is 94.8. The first-order valence-electron chi connectivity index (χ1n) is 31.3. The second-order valence-corrected chi connectivity index (χ2v) is 27.1. The molecule has 2 heterocycles. The van der Waals surface area contributed by atoms with Crippen molar-refractivity contribution in [2.75, 3.05) is 79.3 Å².